The van der Waals surface area contributed by atoms with Crippen molar-refractivity contribution >= 4 is 17.6 Å². The molecule has 0 unspecified atom stereocenters. The minimum atomic E-state index is -1.21. The number of ether oxygens (including phenoxy) is 5. The minimum absolute atomic E-state index is 0.124. The largest absolute Gasteiger partial charge is 0.491 e. The van der Waals surface area contributed by atoms with E-state index in [1.807, 2.05) is 48.7 Å². The van der Waals surface area contributed by atoms with Crippen molar-refractivity contribution in [3.63, 3.8) is 0 Å². The molecule has 2 atom stereocenters. The third-order valence-electron chi connectivity index (χ3n) is 8.88. The molecule has 310 valence electrons. The van der Waals surface area contributed by atoms with Gasteiger partial charge in [0, 0.05) is 30.0 Å². The number of carbonyl (C=O) groups excluding carboxylic acids is 1. The average Bonchev–Trinajstić information content (AvgIpc) is 3.54. The van der Waals surface area contributed by atoms with Crippen LogP contribution in [-0.2, 0) is 30.3 Å². The van der Waals surface area contributed by atoms with Gasteiger partial charge in [-0.1, -0.05) is 44.2 Å². The van der Waals surface area contributed by atoms with Crippen LogP contribution in [0, 0.1) is 5.82 Å². The van der Waals surface area contributed by atoms with Gasteiger partial charge in [0.1, 0.15) is 18.2 Å². The number of nitrogens with two attached hydrogens (primary N) is 1. The zero-order chi connectivity index (χ0) is 41.0. The number of carbonyl (C=O) groups is 2. The van der Waals surface area contributed by atoms with Gasteiger partial charge in [0.2, 0.25) is 0 Å². The molecule has 0 saturated carbocycles. The predicted octanol–water partition coefficient (Wildman–Crippen LogP) is 5.72. The fourth-order valence-electron chi connectivity index (χ4n) is 6.38. The van der Waals surface area contributed by atoms with Gasteiger partial charge in [0.15, 0.2) is 0 Å². The number of carboxylic acid groups (broad SMARTS) is 1. The van der Waals surface area contributed by atoms with E-state index < -0.39 is 30.4 Å². The third kappa shape index (κ3) is 14.7. The SMILES string of the molecule is CC(C)c1c(C(=O)Nc2ccc(OCCOCCOCCOCCOCCN)cc2)c(-c2ccccc2)c(-c2ccc(F)cc2)n1CC[C@@H](O)C[C@@H](O)CC(=O)O. The van der Waals surface area contributed by atoms with Crippen molar-refractivity contribution in [1.29, 1.82) is 0 Å². The van der Waals surface area contributed by atoms with Gasteiger partial charge in [-0.05, 0) is 78.4 Å². The van der Waals surface area contributed by atoms with Crippen LogP contribution < -0.4 is 15.8 Å². The first-order valence-corrected chi connectivity index (χ1v) is 19.3. The topological polar surface area (TPSA) is 184 Å². The molecular weight excluding hydrogens is 737 g/mol. The Bertz CT molecular complexity index is 1790. The Morgan fingerprint density at radius 2 is 1.33 bits per heavy atom. The molecule has 13 nitrogen and oxygen atoms in total. The van der Waals surface area contributed by atoms with Crippen LogP contribution in [0.15, 0.2) is 78.9 Å². The number of aliphatic hydroxyl groups excluding tert-OH is 2. The molecular formula is C43H56FN3O10. The van der Waals surface area contributed by atoms with E-state index in [0.717, 1.165) is 5.56 Å². The fourth-order valence-corrected chi connectivity index (χ4v) is 6.38. The van der Waals surface area contributed by atoms with E-state index in [1.165, 1.54) is 12.1 Å². The van der Waals surface area contributed by atoms with E-state index in [9.17, 15) is 24.2 Å². The molecule has 0 aliphatic rings. The molecule has 0 aliphatic carbocycles. The molecule has 3 aromatic carbocycles. The lowest BCUT2D eigenvalue weighted by atomic mass is 9.94. The lowest BCUT2D eigenvalue weighted by molar-refractivity contribution is -0.139. The van der Waals surface area contributed by atoms with Crippen LogP contribution >= 0.6 is 0 Å². The number of aromatic nitrogens is 1. The molecule has 0 aliphatic heterocycles. The normalized spacial score (nSPS) is 12.5. The molecule has 57 heavy (non-hydrogen) atoms. The summed E-state index contributed by atoms with van der Waals surface area (Å²) in [6.45, 7) is 8.65. The van der Waals surface area contributed by atoms with Gasteiger partial charge in [-0.15, -0.1) is 0 Å². The Labute approximate surface area is 333 Å². The van der Waals surface area contributed by atoms with E-state index in [1.54, 1.807) is 36.4 Å². The maximum Gasteiger partial charge on any atom is 0.305 e. The molecule has 0 spiro atoms. The molecule has 14 heteroatoms. The molecule has 1 heterocycles. The van der Waals surface area contributed by atoms with Crippen molar-refractivity contribution in [2.24, 2.45) is 5.73 Å². The maximum atomic E-state index is 14.5. The lowest BCUT2D eigenvalue weighted by Crippen LogP contribution is -2.22. The first-order chi connectivity index (χ1) is 27.6. The molecule has 1 aromatic heterocycles. The average molecular weight is 794 g/mol. The zero-order valence-corrected chi connectivity index (χ0v) is 32.7. The number of carboxylic acids is 1. The number of rotatable bonds is 27. The summed E-state index contributed by atoms with van der Waals surface area (Å²) >= 11 is 0. The molecule has 0 fully saturated rings. The predicted molar refractivity (Wildman–Crippen MR) is 215 cm³/mol. The van der Waals surface area contributed by atoms with Crippen molar-refractivity contribution in [1.82, 2.24) is 4.57 Å². The highest BCUT2D eigenvalue weighted by atomic mass is 19.1. The van der Waals surface area contributed by atoms with Gasteiger partial charge < -0.3 is 54.6 Å². The summed E-state index contributed by atoms with van der Waals surface area (Å²) in [5.41, 5.74) is 9.79. The van der Waals surface area contributed by atoms with E-state index in [2.05, 4.69) is 5.32 Å². The van der Waals surface area contributed by atoms with Crippen molar-refractivity contribution in [2.75, 3.05) is 71.3 Å². The fraction of sp³-hybridized carbons (Fsp3) is 0.442. The molecule has 4 aromatic rings. The molecule has 0 radical (unpaired) electrons. The van der Waals surface area contributed by atoms with Crippen molar-refractivity contribution < 1.29 is 53.0 Å². The number of benzene rings is 3. The number of aliphatic hydroxyl groups is 2. The number of halogens is 1. The highest BCUT2D eigenvalue weighted by Gasteiger charge is 2.31. The van der Waals surface area contributed by atoms with Crippen LogP contribution in [0.1, 0.15) is 55.1 Å². The number of nitrogens with one attached hydrogen (secondary N) is 1. The molecule has 0 bridgehead atoms. The first kappa shape index (κ1) is 45.0. The van der Waals surface area contributed by atoms with Crippen LogP contribution in [0.4, 0.5) is 10.1 Å². The quantitative estimate of drug-likeness (QED) is 0.0466. The summed E-state index contributed by atoms with van der Waals surface area (Å²) in [5, 5.41) is 33.2. The Hall–Kier alpha value is -4.67. The number of hydrogen-bond acceptors (Lipinski definition) is 10. The monoisotopic (exact) mass is 793 g/mol. The summed E-state index contributed by atoms with van der Waals surface area (Å²) in [6.07, 6.45) is -2.67. The molecule has 1 amide bonds. The summed E-state index contributed by atoms with van der Waals surface area (Å²) in [5.74, 6) is -1.50. The van der Waals surface area contributed by atoms with Gasteiger partial charge >= 0.3 is 5.97 Å². The summed E-state index contributed by atoms with van der Waals surface area (Å²) in [7, 11) is 0. The molecule has 0 saturated heterocycles. The van der Waals surface area contributed by atoms with Gasteiger partial charge in [0.25, 0.3) is 5.91 Å². The Morgan fingerprint density at radius 3 is 1.89 bits per heavy atom. The van der Waals surface area contributed by atoms with Gasteiger partial charge in [-0.2, -0.15) is 0 Å². The smallest absolute Gasteiger partial charge is 0.305 e. The second-order valence-corrected chi connectivity index (χ2v) is 13.7. The van der Waals surface area contributed by atoms with Crippen LogP contribution in [-0.4, -0.2) is 110 Å². The number of amides is 1. The Balaban J connectivity index is 1.46. The van der Waals surface area contributed by atoms with Crippen molar-refractivity contribution in [3.05, 3.63) is 95.9 Å². The van der Waals surface area contributed by atoms with Gasteiger partial charge in [0.05, 0.1) is 82.7 Å². The van der Waals surface area contributed by atoms with Gasteiger partial charge in [-0.25, -0.2) is 4.39 Å². The minimum Gasteiger partial charge on any atom is -0.491 e. The standard InChI is InChI=1S/C43H56FN3O10/c1-30(2)41-40(43(52)46-34-12-14-37(15-13-34)57-27-26-56-25-24-55-23-22-54-21-20-53-19-17-45)39(31-6-4-3-5-7-31)42(32-8-10-33(44)11-9-32)47(41)18-16-35(48)28-36(49)29-38(50)51/h3-15,30,35-36,48-49H,16-29,45H2,1-2H3,(H,46,52)(H,50,51)/t35-,36-/m1/s1. The van der Waals surface area contributed by atoms with Crippen LogP contribution in [0.5, 0.6) is 5.75 Å². The van der Waals surface area contributed by atoms with Crippen molar-refractivity contribution in [3.8, 4) is 28.1 Å². The van der Waals surface area contributed by atoms with E-state index >= 15 is 0 Å². The zero-order valence-electron chi connectivity index (χ0n) is 32.7. The molecule has 6 N–H and O–H groups in total. The highest BCUT2D eigenvalue weighted by Crippen LogP contribution is 2.42. The summed E-state index contributed by atoms with van der Waals surface area (Å²) < 4.78 is 43.8. The Kier molecular flexibility index (Phi) is 19.1. The maximum absolute atomic E-state index is 14.5. The molecule has 4 rings (SSSR count). The number of hydrogen-bond donors (Lipinski definition) is 5. The van der Waals surface area contributed by atoms with Crippen LogP contribution in [0.3, 0.4) is 0 Å². The van der Waals surface area contributed by atoms with Crippen LogP contribution in [0.2, 0.25) is 0 Å². The lowest BCUT2D eigenvalue weighted by Gasteiger charge is -2.20. The van der Waals surface area contributed by atoms with E-state index in [-0.39, 0.29) is 31.2 Å². The number of nitrogens with zero attached hydrogens (tertiary/aromatic N) is 1. The second kappa shape index (κ2) is 24.2. The van der Waals surface area contributed by atoms with E-state index in [0.29, 0.717) is 106 Å². The first-order valence-electron chi connectivity index (χ1n) is 19.3. The van der Waals surface area contributed by atoms with Crippen molar-refractivity contribution in [2.45, 2.75) is 57.8 Å². The van der Waals surface area contributed by atoms with E-state index in [4.69, 9.17) is 34.5 Å². The number of anilines is 1. The second-order valence-electron chi connectivity index (χ2n) is 13.7. The summed E-state index contributed by atoms with van der Waals surface area (Å²) in [6, 6.07) is 22.5. The Morgan fingerprint density at radius 1 is 0.754 bits per heavy atom. The third-order valence-corrected chi connectivity index (χ3v) is 8.88. The number of aliphatic carboxylic acids is 1. The summed E-state index contributed by atoms with van der Waals surface area (Å²) in [4.78, 5) is 25.6. The highest BCUT2D eigenvalue weighted by molar-refractivity contribution is 6.12. The van der Waals surface area contributed by atoms with Gasteiger partial charge in [-0.3, -0.25) is 9.59 Å². The van der Waals surface area contributed by atoms with Crippen LogP contribution in [0.25, 0.3) is 22.4 Å².